The van der Waals surface area contributed by atoms with Crippen molar-refractivity contribution < 1.29 is 17.9 Å². The molecule has 0 unspecified atom stereocenters. The van der Waals surface area contributed by atoms with E-state index in [1.165, 1.54) is 12.1 Å². The van der Waals surface area contributed by atoms with Gasteiger partial charge in [0.1, 0.15) is 5.75 Å². The van der Waals surface area contributed by atoms with Gasteiger partial charge in [-0.05, 0) is 18.2 Å². The minimum atomic E-state index is -2.87. The largest absolute Gasteiger partial charge is 0.435 e. The number of halogens is 2. The van der Waals surface area contributed by atoms with Crippen LogP contribution >= 0.6 is 0 Å². The predicted molar refractivity (Wildman–Crippen MR) is 54.3 cm³/mol. The van der Waals surface area contributed by atoms with Crippen LogP contribution in [-0.4, -0.2) is 16.8 Å². The zero-order chi connectivity index (χ0) is 12.3. The van der Waals surface area contributed by atoms with Crippen molar-refractivity contribution in [3.63, 3.8) is 0 Å². The van der Waals surface area contributed by atoms with E-state index in [4.69, 9.17) is 10.2 Å². The second-order valence-electron chi connectivity index (χ2n) is 3.11. The van der Waals surface area contributed by atoms with Crippen molar-refractivity contribution in [2.45, 2.75) is 13.2 Å². The quantitative estimate of drug-likeness (QED) is 0.883. The van der Waals surface area contributed by atoms with Gasteiger partial charge < -0.3 is 14.9 Å². The summed E-state index contributed by atoms with van der Waals surface area (Å²) in [5, 5.41) is 7.41. The van der Waals surface area contributed by atoms with E-state index in [0.717, 1.165) is 0 Å². The lowest BCUT2D eigenvalue weighted by atomic mass is 10.2. The van der Waals surface area contributed by atoms with Gasteiger partial charge in [0.25, 0.3) is 0 Å². The van der Waals surface area contributed by atoms with E-state index in [1.807, 2.05) is 0 Å². The maximum Gasteiger partial charge on any atom is 0.387 e. The van der Waals surface area contributed by atoms with Crippen molar-refractivity contribution in [3.05, 3.63) is 30.2 Å². The fourth-order valence-corrected chi connectivity index (χ4v) is 1.26. The molecule has 0 saturated heterocycles. The lowest BCUT2D eigenvalue weighted by Crippen LogP contribution is -2.01. The highest BCUT2D eigenvalue weighted by atomic mass is 19.3. The van der Waals surface area contributed by atoms with Crippen molar-refractivity contribution in [1.29, 1.82) is 0 Å². The molecule has 5 nitrogen and oxygen atoms in total. The molecule has 0 atom stereocenters. The Labute approximate surface area is 95.2 Å². The lowest BCUT2D eigenvalue weighted by molar-refractivity contribution is -0.0498. The first-order valence-corrected chi connectivity index (χ1v) is 4.76. The minimum absolute atomic E-state index is 0.0324. The van der Waals surface area contributed by atoms with E-state index in [0.29, 0.717) is 5.56 Å². The van der Waals surface area contributed by atoms with Crippen LogP contribution < -0.4 is 10.5 Å². The van der Waals surface area contributed by atoms with Gasteiger partial charge in [-0.2, -0.15) is 8.78 Å². The summed E-state index contributed by atoms with van der Waals surface area (Å²) < 4.78 is 33.5. The van der Waals surface area contributed by atoms with Crippen LogP contribution in [0.2, 0.25) is 0 Å². The summed E-state index contributed by atoms with van der Waals surface area (Å²) in [6.45, 7) is -2.74. The van der Waals surface area contributed by atoms with Crippen LogP contribution in [0.1, 0.15) is 5.89 Å². The third kappa shape index (κ3) is 2.76. The summed E-state index contributed by atoms with van der Waals surface area (Å²) in [6.07, 6.45) is 0. The Hall–Kier alpha value is -2.02. The highest BCUT2D eigenvalue weighted by Crippen LogP contribution is 2.23. The van der Waals surface area contributed by atoms with Gasteiger partial charge in [0.05, 0.1) is 6.54 Å². The first-order valence-electron chi connectivity index (χ1n) is 4.76. The average molecular weight is 241 g/mol. The van der Waals surface area contributed by atoms with Gasteiger partial charge in [0.2, 0.25) is 11.8 Å². The van der Waals surface area contributed by atoms with Crippen molar-refractivity contribution in [3.8, 4) is 17.2 Å². The number of hydrogen-bond donors (Lipinski definition) is 1. The molecule has 0 bridgehead atoms. The predicted octanol–water partition coefficient (Wildman–Crippen LogP) is 1.80. The summed E-state index contributed by atoms with van der Waals surface area (Å²) >= 11 is 0. The lowest BCUT2D eigenvalue weighted by Gasteiger charge is -2.04. The molecule has 7 heteroatoms. The van der Waals surface area contributed by atoms with E-state index in [1.54, 1.807) is 12.1 Å². The molecule has 1 heterocycles. The van der Waals surface area contributed by atoms with Gasteiger partial charge in [-0.15, -0.1) is 10.2 Å². The highest BCUT2D eigenvalue weighted by Gasteiger charge is 2.10. The van der Waals surface area contributed by atoms with Crippen LogP contribution in [0.3, 0.4) is 0 Å². The Kier molecular flexibility index (Phi) is 3.29. The van der Waals surface area contributed by atoms with E-state index in [2.05, 4.69) is 14.9 Å². The molecule has 0 aliphatic heterocycles. The number of ether oxygens (including phenoxy) is 1. The van der Waals surface area contributed by atoms with Gasteiger partial charge in [-0.3, -0.25) is 0 Å². The molecule has 0 spiro atoms. The molecule has 2 N–H and O–H groups in total. The zero-order valence-electron chi connectivity index (χ0n) is 8.64. The molecule has 2 aromatic rings. The summed E-state index contributed by atoms with van der Waals surface area (Å²) in [7, 11) is 0. The highest BCUT2D eigenvalue weighted by molar-refractivity contribution is 5.55. The third-order valence-corrected chi connectivity index (χ3v) is 1.95. The molecule has 0 aliphatic carbocycles. The van der Waals surface area contributed by atoms with Crippen molar-refractivity contribution >= 4 is 0 Å². The van der Waals surface area contributed by atoms with Gasteiger partial charge in [-0.25, -0.2) is 0 Å². The Morgan fingerprint density at radius 2 is 2.18 bits per heavy atom. The fourth-order valence-electron chi connectivity index (χ4n) is 1.26. The molecule has 0 radical (unpaired) electrons. The van der Waals surface area contributed by atoms with E-state index in [-0.39, 0.29) is 24.1 Å². The summed E-state index contributed by atoms with van der Waals surface area (Å²) in [6, 6.07) is 6.00. The first kappa shape index (κ1) is 11.5. The average Bonchev–Trinajstić information content (AvgIpc) is 2.77. The SMILES string of the molecule is NCc1nnc(-c2cccc(OC(F)F)c2)o1. The molecular formula is C10H9F2N3O2. The van der Waals surface area contributed by atoms with Crippen LogP contribution in [0, 0.1) is 0 Å². The van der Waals surface area contributed by atoms with Crippen molar-refractivity contribution in [2.75, 3.05) is 0 Å². The van der Waals surface area contributed by atoms with Gasteiger partial charge in [0, 0.05) is 5.56 Å². The fraction of sp³-hybridized carbons (Fsp3) is 0.200. The zero-order valence-corrected chi connectivity index (χ0v) is 8.64. The molecule has 0 saturated carbocycles. The van der Waals surface area contributed by atoms with Crippen LogP contribution in [-0.2, 0) is 6.54 Å². The van der Waals surface area contributed by atoms with Crippen molar-refractivity contribution in [2.24, 2.45) is 5.73 Å². The second kappa shape index (κ2) is 4.88. The smallest absolute Gasteiger partial charge is 0.387 e. The molecule has 1 aromatic carbocycles. The number of rotatable bonds is 4. The molecular weight excluding hydrogens is 232 g/mol. The molecule has 0 fully saturated rings. The van der Waals surface area contributed by atoms with Crippen molar-refractivity contribution in [1.82, 2.24) is 10.2 Å². The van der Waals surface area contributed by atoms with Crippen LogP contribution in [0.15, 0.2) is 28.7 Å². The summed E-state index contributed by atoms with van der Waals surface area (Å²) in [5.74, 6) is 0.523. The van der Waals surface area contributed by atoms with E-state index >= 15 is 0 Å². The summed E-state index contributed by atoms with van der Waals surface area (Å²) in [4.78, 5) is 0. The second-order valence-corrected chi connectivity index (χ2v) is 3.11. The monoisotopic (exact) mass is 241 g/mol. The number of benzene rings is 1. The van der Waals surface area contributed by atoms with Gasteiger partial charge >= 0.3 is 6.61 Å². The van der Waals surface area contributed by atoms with Crippen LogP contribution in [0.25, 0.3) is 11.5 Å². The van der Waals surface area contributed by atoms with Crippen LogP contribution in [0.5, 0.6) is 5.75 Å². The maximum absolute atomic E-state index is 12.0. The molecule has 0 amide bonds. The molecule has 2 rings (SSSR count). The standard InChI is InChI=1S/C10H9F2N3O2/c11-10(12)16-7-3-1-2-6(4-7)9-15-14-8(5-13)17-9/h1-4,10H,5,13H2. The number of aromatic nitrogens is 2. The van der Waals surface area contributed by atoms with Gasteiger partial charge in [0.15, 0.2) is 0 Å². The number of alkyl halides is 2. The Morgan fingerprint density at radius 3 is 2.82 bits per heavy atom. The maximum atomic E-state index is 12.0. The molecule has 0 aliphatic rings. The number of nitrogens with zero attached hydrogens (tertiary/aromatic N) is 2. The topological polar surface area (TPSA) is 74.2 Å². The summed E-state index contributed by atoms with van der Waals surface area (Å²) in [5.41, 5.74) is 5.81. The Balaban J connectivity index is 2.26. The Morgan fingerprint density at radius 1 is 1.35 bits per heavy atom. The Bertz CT molecular complexity index is 502. The first-order chi connectivity index (χ1) is 8.19. The molecule has 17 heavy (non-hydrogen) atoms. The van der Waals surface area contributed by atoms with Crippen LogP contribution in [0.4, 0.5) is 8.78 Å². The van der Waals surface area contributed by atoms with Gasteiger partial charge in [-0.1, -0.05) is 6.07 Å². The third-order valence-electron chi connectivity index (χ3n) is 1.95. The molecule has 90 valence electrons. The molecule has 1 aromatic heterocycles. The normalized spacial score (nSPS) is 10.8. The van der Waals surface area contributed by atoms with E-state index < -0.39 is 6.61 Å². The number of nitrogens with two attached hydrogens (primary N) is 1. The van der Waals surface area contributed by atoms with E-state index in [9.17, 15) is 8.78 Å². The number of hydrogen-bond acceptors (Lipinski definition) is 5. The minimum Gasteiger partial charge on any atom is -0.435 e.